The molecule has 1 aliphatic heterocycles. The van der Waals surface area contributed by atoms with Gasteiger partial charge in [-0.15, -0.1) is 0 Å². The highest BCUT2D eigenvalue weighted by Gasteiger charge is 2.29. The lowest BCUT2D eigenvalue weighted by molar-refractivity contribution is 0.0119. The van der Waals surface area contributed by atoms with Crippen LogP contribution in [0.1, 0.15) is 33.1 Å². The van der Waals surface area contributed by atoms with Gasteiger partial charge in [0.1, 0.15) is 0 Å². The molecule has 2 rings (SSSR count). The van der Waals surface area contributed by atoms with Crippen LogP contribution < -0.4 is 0 Å². The van der Waals surface area contributed by atoms with Gasteiger partial charge >= 0.3 is 0 Å². The van der Waals surface area contributed by atoms with Crippen molar-refractivity contribution in [3.8, 4) is 0 Å². The molecule has 1 saturated carbocycles. The summed E-state index contributed by atoms with van der Waals surface area (Å²) >= 11 is 0. The highest BCUT2D eigenvalue weighted by Crippen LogP contribution is 2.26. The number of aliphatic hydroxyl groups is 2. The molecule has 2 N–H and O–H groups in total. The van der Waals surface area contributed by atoms with E-state index >= 15 is 0 Å². The zero-order chi connectivity index (χ0) is 13.2. The molecule has 1 saturated heterocycles. The standard InChI is InChI=1S/C14H28N2O2/c1-14(2,18)11-16-8-6-15(7-9-16)10-12-4-3-5-13(12)17/h12-13,17-18H,3-11H2,1-2H3. The van der Waals surface area contributed by atoms with Gasteiger partial charge in [0.25, 0.3) is 0 Å². The molecule has 106 valence electrons. The number of piperazine rings is 1. The molecule has 0 aromatic rings. The maximum Gasteiger partial charge on any atom is 0.0718 e. The molecule has 1 aliphatic carbocycles. The summed E-state index contributed by atoms with van der Waals surface area (Å²) in [6, 6.07) is 0. The minimum absolute atomic E-state index is 0.0700. The molecule has 4 nitrogen and oxygen atoms in total. The minimum atomic E-state index is -0.593. The normalized spacial score (nSPS) is 32.0. The maximum absolute atomic E-state index is 9.85. The van der Waals surface area contributed by atoms with E-state index in [0.717, 1.165) is 45.7 Å². The van der Waals surface area contributed by atoms with Crippen molar-refractivity contribution >= 4 is 0 Å². The summed E-state index contributed by atoms with van der Waals surface area (Å²) in [6.07, 6.45) is 3.29. The van der Waals surface area contributed by atoms with Gasteiger partial charge in [0.2, 0.25) is 0 Å². The first kappa shape index (κ1) is 14.3. The number of aliphatic hydroxyl groups excluding tert-OH is 1. The second kappa shape index (κ2) is 5.87. The molecule has 0 bridgehead atoms. The van der Waals surface area contributed by atoms with Crippen LogP contribution >= 0.6 is 0 Å². The second-order valence-corrected chi connectivity index (χ2v) is 6.65. The molecular weight excluding hydrogens is 228 g/mol. The Balaban J connectivity index is 1.70. The topological polar surface area (TPSA) is 46.9 Å². The molecule has 0 amide bonds. The largest absolute Gasteiger partial charge is 0.393 e. The van der Waals surface area contributed by atoms with Crippen LogP contribution in [0, 0.1) is 5.92 Å². The van der Waals surface area contributed by atoms with Gasteiger partial charge in [-0.3, -0.25) is 4.90 Å². The van der Waals surface area contributed by atoms with Crippen molar-refractivity contribution in [2.45, 2.75) is 44.8 Å². The first-order chi connectivity index (χ1) is 8.44. The Kier molecular flexibility index (Phi) is 4.64. The first-order valence-corrected chi connectivity index (χ1v) is 7.29. The molecule has 4 heteroatoms. The predicted octanol–water partition coefficient (Wildman–Crippen LogP) is 0.536. The molecule has 2 unspecified atom stereocenters. The molecule has 2 atom stereocenters. The van der Waals surface area contributed by atoms with Crippen molar-refractivity contribution in [2.24, 2.45) is 5.92 Å². The third-order valence-electron chi connectivity index (χ3n) is 4.19. The molecule has 0 spiro atoms. The summed E-state index contributed by atoms with van der Waals surface area (Å²) in [5.74, 6) is 0.492. The van der Waals surface area contributed by atoms with E-state index in [1.165, 1.54) is 12.8 Å². The second-order valence-electron chi connectivity index (χ2n) is 6.65. The average Bonchev–Trinajstić information content (AvgIpc) is 2.65. The summed E-state index contributed by atoms with van der Waals surface area (Å²) in [7, 11) is 0. The lowest BCUT2D eigenvalue weighted by Crippen LogP contribution is -2.51. The maximum atomic E-state index is 9.85. The zero-order valence-corrected chi connectivity index (χ0v) is 11.8. The fourth-order valence-corrected chi connectivity index (χ4v) is 3.24. The number of nitrogens with zero attached hydrogens (tertiary/aromatic N) is 2. The molecule has 18 heavy (non-hydrogen) atoms. The van der Waals surface area contributed by atoms with Crippen LogP contribution in [0.2, 0.25) is 0 Å². The quantitative estimate of drug-likeness (QED) is 0.770. The summed E-state index contributed by atoms with van der Waals surface area (Å²) in [4.78, 5) is 4.81. The van der Waals surface area contributed by atoms with Gasteiger partial charge in [-0.2, -0.15) is 0 Å². The van der Waals surface area contributed by atoms with Gasteiger partial charge in [-0.25, -0.2) is 0 Å². The lowest BCUT2D eigenvalue weighted by atomic mass is 10.0. The van der Waals surface area contributed by atoms with E-state index in [9.17, 15) is 10.2 Å². The van der Waals surface area contributed by atoms with Gasteiger partial charge in [0, 0.05) is 39.3 Å². The van der Waals surface area contributed by atoms with Crippen LogP contribution in [0.4, 0.5) is 0 Å². The van der Waals surface area contributed by atoms with Gasteiger partial charge in [-0.1, -0.05) is 6.42 Å². The number of β-amino-alcohol motifs (C(OH)–C–C–N with tert-alkyl or cyclic N) is 1. The molecule has 2 fully saturated rings. The van der Waals surface area contributed by atoms with E-state index in [4.69, 9.17) is 0 Å². The van der Waals surface area contributed by atoms with E-state index in [2.05, 4.69) is 9.80 Å². The third kappa shape index (κ3) is 4.19. The van der Waals surface area contributed by atoms with Crippen LogP contribution in [-0.2, 0) is 0 Å². The monoisotopic (exact) mass is 256 g/mol. The Bertz CT molecular complexity index is 257. The van der Waals surface area contributed by atoms with Gasteiger partial charge in [0.15, 0.2) is 0 Å². The van der Waals surface area contributed by atoms with E-state index in [1.807, 2.05) is 13.8 Å². The average molecular weight is 256 g/mol. The van der Waals surface area contributed by atoms with Gasteiger partial charge < -0.3 is 15.1 Å². The molecule has 0 radical (unpaired) electrons. The van der Waals surface area contributed by atoms with Crippen LogP contribution in [0.15, 0.2) is 0 Å². The summed E-state index contributed by atoms with van der Waals surface area (Å²) in [6.45, 7) is 9.76. The van der Waals surface area contributed by atoms with Gasteiger partial charge in [0.05, 0.1) is 11.7 Å². The molecule has 0 aromatic heterocycles. The number of rotatable bonds is 4. The van der Waals surface area contributed by atoms with Crippen molar-refractivity contribution in [3.05, 3.63) is 0 Å². The third-order valence-corrected chi connectivity index (χ3v) is 4.19. The highest BCUT2D eigenvalue weighted by molar-refractivity contribution is 4.83. The van der Waals surface area contributed by atoms with E-state index < -0.39 is 5.60 Å². The van der Waals surface area contributed by atoms with Gasteiger partial charge in [-0.05, 0) is 32.6 Å². The summed E-state index contributed by atoms with van der Waals surface area (Å²) in [5.41, 5.74) is -0.593. The Labute approximate surface area is 111 Å². The molecule has 2 aliphatic rings. The van der Waals surface area contributed by atoms with E-state index in [1.54, 1.807) is 0 Å². The van der Waals surface area contributed by atoms with Crippen LogP contribution in [0.5, 0.6) is 0 Å². The Morgan fingerprint density at radius 1 is 1.06 bits per heavy atom. The van der Waals surface area contributed by atoms with Crippen molar-refractivity contribution in [1.29, 1.82) is 0 Å². The van der Waals surface area contributed by atoms with Crippen molar-refractivity contribution < 1.29 is 10.2 Å². The smallest absolute Gasteiger partial charge is 0.0718 e. The number of hydrogen-bond donors (Lipinski definition) is 2. The fraction of sp³-hybridized carbons (Fsp3) is 1.00. The zero-order valence-electron chi connectivity index (χ0n) is 11.8. The molecule has 0 aromatic carbocycles. The van der Waals surface area contributed by atoms with Crippen LogP contribution in [0.25, 0.3) is 0 Å². The van der Waals surface area contributed by atoms with Crippen molar-refractivity contribution in [1.82, 2.24) is 9.80 Å². The summed E-state index contributed by atoms with van der Waals surface area (Å²) in [5, 5.41) is 19.7. The Morgan fingerprint density at radius 3 is 2.17 bits per heavy atom. The number of hydrogen-bond acceptors (Lipinski definition) is 4. The van der Waals surface area contributed by atoms with Crippen molar-refractivity contribution in [2.75, 3.05) is 39.3 Å². The summed E-state index contributed by atoms with van der Waals surface area (Å²) < 4.78 is 0. The SMILES string of the molecule is CC(C)(O)CN1CCN(CC2CCCC2O)CC1. The van der Waals surface area contributed by atoms with Crippen LogP contribution in [0.3, 0.4) is 0 Å². The van der Waals surface area contributed by atoms with E-state index in [-0.39, 0.29) is 6.10 Å². The van der Waals surface area contributed by atoms with E-state index in [0.29, 0.717) is 5.92 Å². The highest BCUT2D eigenvalue weighted by atomic mass is 16.3. The Hall–Kier alpha value is -0.160. The fourth-order valence-electron chi connectivity index (χ4n) is 3.24. The molecule has 1 heterocycles. The Morgan fingerprint density at radius 2 is 1.67 bits per heavy atom. The first-order valence-electron chi connectivity index (χ1n) is 7.29. The lowest BCUT2D eigenvalue weighted by Gasteiger charge is -2.38. The molecular formula is C14H28N2O2. The van der Waals surface area contributed by atoms with Crippen LogP contribution in [-0.4, -0.2) is 71.0 Å². The minimum Gasteiger partial charge on any atom is -0.393 e. The van der Waals surface area contributed by atoms with Crippen molar-refractivity contribution in [3.63, 3.8) is 0 Å². The predicted molar refractivity (Wildman–Crippen MR) is 72.5 cm³/mol.